The Morgan fingerprint density at radius 2 is 1.60 bits per heavy atom. The van der Waals surface area contributed by atoms with Crippen molar-refractivity contribution in [1.82, 2.24) is 0 Å². The molecular formula is C19H18O. The van der Waals surface area contributed by atoms with Gasteiger partial charge >= 0.3 is 0 Å². The van der Waals surface area contributed by atoms with Crippen LogP contribution in [-0.4, -0.2) is 5.78 Å². The van der Waals surface area contributed by atoms with Crippen LogP contribution in [0.1, 0.15) is 53.1 Å². The first-order valence-corrected chi connectivity index (χ1v) is 7.58. The van der Waals surface area contributed by atoms with E-state index in [0.29, 0.717) is 12.2 Å². The summed E-state index contributed by atoms with van der Waals surface area (Å²) in [5, 5.41) is 0. The molecule has 0 unspecified atom stereocenters. The highest BCUT2D eigenvalue weighted by atomic mass is 16.1. The lowest BCUT2D eigenvalue weighted by atomic mass is 9.80. The van der Waals surface area contributed by atoms with Crippen LogP contribution in [0.4, 0.5) is 0 Å². The summed E-state index contributed by atoms with van der Waals surface area (Å²) in [5.41, 5.74) is 6.13. The van der Waals surface area contributed by atoms with Crippen LogP contribution in [0.15, 0.2) is 42.5 Å². The van der Waals surface area contributed by atoms with Gasteiger partial charge in [-0.15, -0.1) is 0 Å². The highest BCUT2D eigenvalue weighted by Crippen LogP contribution is 2.37. The van der Waals surface area contributed by atoms with Gasteiger partial charge in [-0.05, 0) is 47.4 Å². The molecule has 0 aromatic heterocycles. The van der Waals surface area contributed by atoms with E-state index in [4.69, 9.17) is 0 Å². The lowest BCUT2D eigenvalue weighted by molar-refractivity contribution is 0.0994. The molecule has 0 saturated heterocycles. The zero-order valence-corrected chi connectivity index (χ0v) is 11.6. The van der Waals surface area contributed by atoms with Gasteiger partial charge in [-0.25, -0.2) is 0 Å². The monoisotopic (exact) mass is 262 g/mol. The third kappa shape index (κ3) is 1.89. The number of ketones is 1. The SMILES string of the molecule is O=C1CCc2cc(-c3ccc(C4CCC4)cc3)ccc21. The number of fused-ring (bicyclic) bond motifs is 1. The second-order valence-corrected chi connectivity index (χ2v) is 6.04. The predicted molar refractivity (Wildman–Crippen MR) is 81.1 cm³/mol. The molecule has 0 bridgehead atoms. The Kier molecular flexibility index (Phi) is 2.73. The highest BCUT2D eigenvalue weighted by Gasteiger charge is 2.20. The van der Waals surface area contributed by atoms with Crippen molar-refractivity contribution in [3.05, 3.63) is 59.2 Å². The van der Waals surface area contributed by atoms with Crippen LogP contribution in [-0.2, 0) is 6.42 Å². The summed E-state index contributed by atoms with van der Waals surface area (Å²) in [6, 6.07) is 15.3. The minimum Gasteiger partial charge on any atom is -0.294 e. The molecule has 2 aliphatic carbocycles. The summed E-state index contributed by atoms with van der Waals surface area (Å²) < 4.78 is 0. The van der Waals surface area contributed by atoms with Gasteiger partial charge in [-0.1, -0.05) is 48.9 Å². The third-order valence-corrected chi connectivity index (χ3v) is 4.85. The Morgan fingerprint density at radius 3 is 2.30 bits per heavy atom. The van der Waals surface area contributed by atoms with Gasteiger partial charge in [0.1, 0.15) is 0 Å². The maximum absolute atomic E-state index is 11.7. The predicted octanol–water partition coefficient (Wildman–Crippen LogP) is 4.75. The van der Waals surface area contributed by atoms with E-state index in [0.717, 1.165) is 17.9 Å². The molecule has 4 rings (SSSR count). The second kappa shape index (κ2) is 4.59. The Hall–Kier alpha value is -1.89. The van der Waals surface area contributed by atoms with Gasteiger partial charge in [0.2, 0.25) is 0 Å². The number of Topliss-reactive ketones (excluding diaryl/α,β-unsaturated/α-hetero) is 1. The molecule has 0 amide bonds. The molecule has 0 radical (unpaired) electrons. The quantitative estimate of drug-likeness (QED) is 0.763. The van der Waals surface area contributed by atoms with Gasteiger partial charge in [-0.3, -0.25) is 4.79 Å². The number of carbonyl (C=O) groups is 1. The molecule has 2 aromatic carbocycles. The Labute approximate surface area is 119 Å². The molecule has 2 aliphatic rings. The van der Waals surface area contributed by atoms with Crippen molar-refractivity contribution in [1.29, 1.82) is 0 Å². The lowest BCUT2D eigenvalue weighted by Gasteiger charge is -2.25. The van der Waals surface area contributed by atoms with Gasteiger partial charge < -0.3 is 0 Å². The van der Waals surface area contributed by atoms with Crippen molar-refractivity contribution in [2.24, 2.45) is 0 Å². The third-order valence-electron chi connectivity index (χ3n) is 4.85. The Balaban J connectivity index is 1.65. The molecule has 100 valence electrons. The number of aryl methyl sites for hydroxylation is 1. The van der Waals surface area contributed by atoms with E-state index < -0.39 is 0 Å². The Bertz CT molecular complexity index is 663. The molecule has 0 atom stereocenters. The van der Waals surface area contributed by atoms with E-state index in [2.05, 4.69) is 36.4 Å². The van der Waals surface area contributed by atoms with E-state index in [1.807, 2.05) is 6.07 Å². The molecule has 1 nitrogen and oxygen atoms in total. The fourth-order valence-electron chi connectivity index (χ4n) is 3.32. The summed E-state index contributed by atoms with van der Waals surface area (Å²) in [6.07, 6.45) is 5.66. The van der Waals surface area contributed by atoms with Crippen LogP contribution >= 0.6 is 0 Å². The molecule has 0 aliphatic heterocycles. The van der Waals surface area contributed by atoms with Crippen molar-refractivity contribution in [2.75, 3.05) is 0 Å². The van der Waals surface area contributed by atoms with Crippen molar-refractivity contribution >= 4 is 5.78 Å². The molecular weight excluding hydrogens is 244 g/mol. The minimum atomic E-state index is 0.298. The number of hydrogen-bond donors (Lipinski definition) is 0. The number of benzene rings is 2. The summed E-state index contributed by atoms with van der Waals surface area (Å²) in [7, 11) is 0. The smallest absolute Gasteiger partial charge is 0.163 e. The van der Waals surface area contributed by atoms with Crippen LogP contribution < -0.4 is 0 Å². The standard InChI is InChI=1S/C19H18O/c20-19-11-9-17-12-16(8-10-18(17)19)15-6-4-14(5-7-15)13-2-1-3-13/h4-8,10,12-13H,1-3,9,11H2. The minimum absolute atomic E-state index is 0.298. The van der Waals surface area contributed by atoms with Crippen LogP contribution in [0.5, 0.6) is 0 Å². The van der Waals surface area contributed by atoms with Crippen molar-refractivity contribution < 1.29 is 4.79 Å². The lowest BCUT2D eigenvalue weighted by Crippen LogP contribution is -2.08. The van der Waals surface area contributed by atoms with E-state index >= 15 is 0 Å². The molecule has 1 heteroatoms. The first kappa shape index (κ1) is 11.9. The van der Waals surface area contributed by atoms with Crippen molar-refractivity contribution in [2.45, 2.75) is 38.0 Å². The number of carbonyl (C=O) groups excluding carboxylic acids is 1. The maximum atomic E-state index is 11.7. The summed E-state index contributed by atoms with van der Waals surface area (Å²) in [5.74, 6) is 1.09. The number of rotatable bonds is 2. The fourth-order valence-corrected chi connectivity index (χ4v) is 3.32. The van der Waals surface area contributed by atoms with Gasteiger partial charge in [0.25, 0.3) is 0 Å². The van der Waals surface area contributed by atoms with Crippen LogP contribution in [0.3, 0.4) is 0 Å². The summed E-state index contributed by atoms with van der Waals surface area (Å²) >= 11 is 0. The van der Waals surface area contributed by atoms with Crippen LogP contribution in [0.25, 0.3) is 11.1 Å². The van der Waals surface area contributed by atoms with Crippen molar-refractivity contribution in [3.63, 3.8) is 0 Å². The first-order chi connectivity index (χ1) is 9.81. The molecule has 1 fully saturated rings. The highest BCUT2D eigenvalue weighted by molar-refractivity contribution is 6.00. The zero-order chi connectivity index (χ0) is 13.5. The molecule has 1 saturated carbocycles. The molecule has 0 heterocycles. The van der Waals surface area contributed by atoms with Gasteiger partial charge in [0, 0.05) is 12.0 Å². The molecule has 20 heavy (non-hydrogen) atoms. The zero-order valence-electron chi connectivity index (χ0n) is 11.6. The summed E-state index contributed by atoms with van der Waals surface area (Å²) in [6.45, 7) is 0. The number of hydrogen-bond acceptors (Lipinski definition) is 1. The van der Waals surface area contributed by atoms with Crippen LogP contribution in [0, 0.1) is 0 Å². The summed E-state index contributed by atoms with van der Waals surface area (Å²) in [4.78, 5) is 11.7. The normalized spacial score (nSPS) is 17.9. The van der Waals surface area contributed by atoms with E-state index in [-0.39, 0.29) is 0 Å². The van der Waals surface area contributed by atoms with E-state index in [1.165, 1.54) is 41.5 Å². The largest absolute Gasteiger partial charge is 0.294 e. The molecule has 0 spiro atoms. The maximum Gasteiger partial charge on any atom is 0.163 e. The van der Waals surface area contributed by atoms with Crippen molar-refractivity contribution in [3.8, 4) is 11.1 Å². The van der Waals surface area contributed by atoms with Gasteiger partial charge in [0.05, 0.1) is 0 Å². The fraction of sp³-hybridized carbons (Fsp3) is 0.316. The Morgan fingerprint density at radius 1 is 0.850 bits per heavy atom. The molecule has 2 aromatic rings. The average Bonchev–Trinajstić information content (AvgIpc) is 2.79. The first-order valence-electron chi connectivity index (χ1n) is 7.58. The van der Waals surface area contributed by atoms with Gasteiger partial charge in [0.15, 0.2) is 5.78 Å². The van der Waals surface area contributed by atoms with Crippen LogP contribution in [0.2, 0.25) is 0 Å². The topological polar surface area (TPSA) is 17.1 Å². The molecule has 0 N–H and O–H groups in total. The average molecular weight is 262 g/mol. The van der Waals surface area contributed by atoms with E-state index in [1.54, 1.807) is 0 Å². The van der Waals surface area contributed by atoms with E-state index in [9.17, 15) is 4.79 Å². The second-order valence-electron chi connectivity index (χ2n) is 6.04. The van der Waals surface area contributed by atoms with Gasteiger partial charge in [-0.2, -0.15) is 0 Å².